The van der Waals surface area contributed by atoms with E-state index in [9.17, 15) is 15.2 Å². The molecule has 0 bridgehead atoms. The topological polar surface area (TPSA) is 128 Å². The number of non-ortho nitro benzene ring substituents is 1. The number of hydrogen-bond donors (Lipinski definition) is 1. The Morgan fingerprint density at radius 2 is 2.12 bits per heavy atom. The summed E-state index contributed by atoms with van der Waals surface area (Å²) in [6.07, 6.45) is 2.10. The van der Waals surface area contributed by atoms with Gasteiger partial charge in [0.2, 0.25) is 11.0 Å². The number of aryl methyl sites for hydroxylation is 1. The summed E-state index contributed by atoms with van der Waals surface area (Å²) >= 11 is 1.34. The first-order valence-corrected chi connectivity index (χ1v) is 7.69. The minimum atomic E-state index is -0.498. The van der Waals surface area contributed by atoms with E-state index in [1.807, 2.05) is 6.92 Å². The van der Waals surface area contributed by atoms with Gasteiger partial charge < -0.3 is 9.52 Å². The molecule has 10 heteroatoms. The van der Waals surface area contributed by atoms with Crippen LogP contribution in [0.1, 0.15) is 17.6 Å². The molecule has 0 aliphatic carbocycles. The molecule has 0 spiro atoms. The predicted octanol–water partition coefficient (Wildman–Crippen LogP) is 3.12. The monoisotopic (exact) mass is 345 g/mol. The summed E-state index contributed by atoms with van der Waals surface area (Å²) in [5.41, 5.74) is 0.593. The highest BCUT2D eigenvalue weighted by atomic mass is 32.1. The van der Waals surface area contributed by atoms with Crippen LogP contribution < -0.4 is 0 Å². The molecular weight excluding hydrogens is 334 g/mol. The van der Waals surface area contributed by atoms with E-state index in [1.165, 1.54) is 41.8 Å². The highest BCUT2D eigenvalue weighted by Gasteiger charge is 2.14. The molecule has 24 heavy (non-hydrogen) atoms. The van der Waals surface area contributed by atoms with Crippen molar-refractivity contribution in [2.45, 2.75) is 13.3 Å². The van der Waals surface area contributed by atoms with Crippen LogP contribution in [0.4, 0.5) is 10.8 Å². The Labute approximate surface area is 139 Å². The Morgan fingerprint density at radius 1 is 1.38 bits per heavy atom. The Balaban J connectivity index is 1.83. The van der Waals surface area contributed by atoms with Gasteiger partial charge in [0.05, 0.1) is 11.1 Å². The van der Waals surface area contributed by atoms with E-state index < -0.39 is 10.9 Å². The maximum atomic E-state index is 10.6. The molecule has 0 aliphatic heterocycles. The molecule has 1 N–H and O–H groups in total. The molecule has 0 radical (unpaired) electrons. The summed E-state index contributed by atoms with van der Waals surface area (Å²) in [7, 11) is 0. The maximum Gasteiger partial charge on any atom is 0.312 e. The van der Waals surface area contributed by atoms with Gasteiger partial charge in [-0.05, 0) is 18.6 Å². The van der Waals surface area contributed by atoms with Gasteiger partial charge in [0.25, 0.3) is 5.69 Å². The van der Waals surface area contributed by atoms with Crippen molar-refractivity contribution in [2.75, 3.05) is 0 Å². The molecule has 9 nitrogen and oxygen atoms in total. The zero-order valence-electron chi connectivity index (χ0n) is 12.4. The number of nitro groups is 1. The van der Waals surface area contributed by atoms with Crippen molar-refractivity contribution in [2.24, 2.45) is 4.99 Å². The van der Waals surface area contributed by atoms with Gasteiger partial charge in [-0.1, -0.05) is 18.3 Å². The largest absolute Gasteiger partial charge is 0.479 e. The third kappa shape index (κ3) is 3.27. The molecule has 0 atom stereocenters. The fourth-order valence-corrected chi connectivity index (χ4v) is 2.44. The van der Waals surface area contributed by atoms with Gasteiger partial charge in [-0.25, -0.2) is 9.98 Å². The third-order valence-corrected chi connectivity index (χ3v) is 3.99. The standard InChI is InChI=1S/C14H11N5O4S/c1-2-11-17-18-14(24-11)15-7-10-13(20)23-12(16-10)8-3-5-9(6-4-8)19(21)22/h3-7,20H,2H2,1H3. The fraction of sp³-hybridized carbons (Fsp3) is 0.143. The molecule has 0 fully saturated rings. The number of nitrogens with zero attached hydrogens (tertiary/aromatic N) is 5. The maximum absolute atomic E-state index is 10.6. The van der Waals surface area contributed by atoms with Gasteiger partial charge in [-0.15, -0.1) is 10.2 Å². The van der Waals surface area contributed by atoms with Gasteiger partial charge in [-0.3, -0.25) is 10.1 Å². The molecule has 2 heterocycles. The molecule has 122 valence electrons. The average molecular weight is 345 g/mol. The third-order valence-electron chi connectivity index (χ3n) is 3.02. The molecule has 3 rings (SSSR count). The summed E-state index contributed by atoms with van der Waals surface area (Å²) in [5.74, 6) is -0.261. The number of rotatable bonds is 5. The van der Waals surface area contributed by atoms with Crippen molar-refractivity contribution in [1.82, 2.24) is 15.2 Å². The van der Waals surface area contributed by atoms with Gasteiger partial charge in [0.1, 0.15) is 5.01 Å². The van der Waals surface area contributed by atoms with E-state index in [4.69, 9.17) is 4.42 Å². The van der Waals surface area contributed by atoms with Crippen LogP contribution in [-0.2, 0) is 6.42 Å². The molecule has 3 aromatic rings. The Morgan fingerprint density at radius 3 is 2.75 bits per heavy atom. The van der Waals surface area contributed by atoms with E-state index >= 15 is 0 Å². The molecule has 0 saturated carbocycles. The Bertz CT molecular complexity index is 900. The van der Waals surface area contributed by atoms with E-state index in [2.05, 4.69) is 20.2 Å². The van der Waals surface area contributed by atoms with Crippen LogP contribution in [0.25, 0.3) is 11.5 Å². The van der Waals surface area contributed by atoms with Gasteiger partial charge >= 0.3 is 5.95 Å². The van der Waals surface area contributed by atoms with E-state index in [1.54, 1.807) is 0 Å². The number of benzene rings is 1. The average Bonchev–Trinajstić information content (AvgIpc) is 3.19. The zero-order valence-corrected chi connectivity index (χ0v) is 13.2. The van der Waals surface area contributed by atoms with Crippen LogP contribution in [0.15, 0.2) is 33.7 Å². The van der Waals surface area contributed by atoms with Crippen molar-refractivity contribution in [3.05, 3.63) is 45.1 Å². The molecule has 0 aliphatic rings. The first kappa shape index (κ1) is 15.7. The van der Waals surface area contributed by atoms with E-state index in [0.29, 0.717) is 10.7 Å². The van der Waals surface area contributed by atoms with Crippen LogP contribution in [0.5, 0.6) is 5.95 Å². The van der Waals surface area contributed by atoms with Crippen LogP contribution in [0, 0.1) is 10.1 Å². The Kier molecular flexibility index (Phi) is 4.29. The van der Waals surface area contributed by atoms with E-state index in [0.717, 1.165) is 11.4 Å². The second-order valence-electron chi connectivity index (χ2n) is 4.60. The number of nitro benzene ring substituents is 1. The number of aliphatic imine (C=N–C) groups is 1. The highest BCUT2D eigenvalue weighted by Crippen LogP contribution is 2.27. The molecule has 0 saturated heterocycles. The summed E-state index contributed by atoms with van der Waals surface area (Å²) in [6, 6.07) is 5.64. The second kappa shape index (κ2) is 6.54. The lowest BCUT2D eigenvalue weighted by Gasteiger charge is -1.94. The lowest BCUT2D eigenvalue weighted by molar-refractivity contribution is -0.384. The first-order chi connectivity index (χ1) is 11.6. The number of oxazole rings is 1. The molecular formula is C14H11N5O4S. The van der Waals surface area contributed by atoms with Gasteiger partial charge in [0, 0.05) is 17.7 Å². The lowest BCUT2D eigenvalue weighted by Crippen LogP contribution is -1.87. The SMILES string of the molecule is CCc1nnc(N=Cc2nc(-c3ccc([N+](=O)[O-])cc3)oc2O)s1. The number of hydrogen-bond acceptors (Lipinski definition) is 9. The fourth-order valence-electron chi connectivity index (χ4n) is 1.81. The van der Waals surface area contributed by atoms with E-state index in [-0.39, 0.29) is 17.3 Å². The minimum Gasteiger partial charge on any atom is -0.479 e. The first-order valence-electron chi connectivity index (χ1n) is 6.88. The lowest BCUT2D eigenvalue weighted by atomic mass is 10.2. The molecule has 1 aromatic carbocycles. The van der Waals surface area contributed by atoms with Crippen molar-refractivity contribution in [3.63, 3.8) is 0 Å². The summed E-state index contributed by atoms with van der Waals surface area (Å²) in [5, 5.41) is 29.6. The van der Waals surface area contributed by atoms with Crippen molar-refractivity contribution >= 4 is 28.4 Å². The summed E-state index contributed by atoms with van der Waals surface area (Å²) < 4.78 is 5.17. The van der Waals surface area contributed by atoms with Crippen LogP contribution in [0.2, 0.25) is 0 Å². The van der Waals surface area contributed by atoms with Crippen LogP contribution in [0.3, 0.4) is 0 Å². The Hall–Kier alpha value is -3.14. The van der Waals surface area contributed by atoms with Gasteiger partial charge in [-0.2, -0.15) is 0 Å². The zero-order chi connectivity index (χ0) is 17.1. The summed E-state index contributed by atoms with van der Waals surface area (Å²) in [4.78, 5) is 18.4. The van der Waals surface area contributed by atoms with Crippen molar-refractivity contribution in [3.8, 4) is 17.4 Å². The number of aromatic hydroxyl groups is 1. The smallest absolute Gasteiger partial charge is 0.312 e. The molecule has 2 aromatic heterocycles. The predicted molar refractivity (Wildman–Crippen MR) is 86.8 cm³/mol. The van der Waals surface area contributed by atoms with Crippen LogP contribution in [-0.4, -0.2) is 31.4 Å². The number of aromatic nitrogens is 3. The summed E-state index contributed by atoms with van der Waals surface area (Å²) in [6.45, 7) is 1.97. The molecule has 0 amide bonds. The normalized spacial score (nSPS) is 11.2. The van der Waals surface area contributed by atoms with Crippen molar-refractivity contribution < 1.29 is 14.4 Å². The highest BCUT2D eigenvalue weighted by molar-refractivity contribution is 7.14. The van der Waals surface area contributed by atoms with Gasteiger partial charge in [0.15, 0.2) is 5.69 Å². The second-order valence-corrected chi connectivity index (χ2v) is 5.64. The quantitative estimate of drug-likeness (QED) is 0.427. The molecule has 0 unspecified atom stereocenters. The minimum absolute atomic E-state index is 0.0423. The van der Waals surface area contributed by atoms with Crippen LogP contribution >= 0.6 is 11.3 Å². The van der Waals surface area contributed by atoms with Crippen molar-refractivity contribution in [1.29, 1.82) is 0 Å².